The number of hydrogen-bond donors (Lipinski definition) is 1. The summed E-state index contributed by atoms with van der Waals surface area (Å²) in [4.78, 5) is 24.4. The van der Waals surface area contributed by atoms with Gasteiger partial charge in [0.15, 0.2) is 0 Å². The van der Waals surface area contributed by atoms with Crippen molar-refractivity contribution in [1.82, 2.24) is 14.9 Å². The molecule has 1 aromatic heterocycles. The van der Waals surface area contributed by atoms with Gasteiger partial charge >= 0.3 is 6.03 Å². The van der Waals surface area contributed by atoms with Gasteiger partial charge in [-0.25, -0.2) is 4.79 Å². The Morgan fingerprint density at radius 1 is 1.33 bits per heavy atom. The zero-order valence-corrected chi connectivity index (χ0v) is 14.1. The molecule has 0 aliphatic carbocycles. The number of carbonyl (C=O) groups is 1. The average Bonchev–Trinajstić information content (AvgIpc) is 3.03. The summed E-state index contributed by atoms with van der Waals surface area (Å²) >= 11 is 0. The van der Waals surface area contributed by atoms with Crippen molar-refractivity contribution in [2.24, 2.45) is 5.92 Å². The van der Waals surface area contributed by atoms with Gasteiger partial charge in [0.1, 0.15) is 0 Å². The normalized spacial score (nSPS) is 16.9. The maximum absolute atomic E-state index is 12.3. The monoisotopic (exact) mass is 325 g/mol. The maximum atomic E-state index is 12.3. The van der Waals surface area contributed by atoms with E-state index in [0.29, 0.717) is 6.54 Å². The maximum Gasteiger partial charge on any atom is 0.321 e. The van der Waals surface area contributed by atoms with Gasteiger partial charge in [-0.1, -0.05) is 6.92 Å². The highest BCUT2D eigenvalue weighted by molar-refractivity contribution is 5.89. The minimum Gasteiger partial charge on any atom is -0.371 e. The molecule has 24 heavy (non-hydrogen) atoms. The molecule has 1 aliphatic heterocycles. The summed E-state index contributed by atoms with van der Waals surface area (Å²) in [6, 6.07) is 7.87. The van der Waals surface area contributed by atoms with Crippen LogP contribution in [0.25, 0.3) is 0 Å². The van der Waals surface area contributed by atoms with Crippen molar-refractivity contribution in [2.75, 3.05) is 30.4 Å². The van der Waals surface area contributed by atoms with Crippen LogP contribution in [0.15, 0.2) is 42.9 Å². The predicted molar refractivity (Wildman–Crippen MR) is 95.0 cm³/mol. The van der Waals surface area contributed by atoms with Crippen LogP contribution in [-0.2, 0) is 6.54 Å². The predicted octanol–water partition coefficient (Wildman–Crippen LogP) is 2.99. The highest BCUT2D eigenvalue weighted by atomic mass is 16.2. The Labute approximate surface area is 142 Å². The Kier molecular flexibility index (Phi) is 4.93. The van der Waals surface area contributed by atoms with Crippen LogP contribution in [0.5, 0.6) is 0 Å². The summed E-state index contributed by atoms with van der Waals surface area (Å²) in [5.74, 6) is 0.749. The number of nitrogens with zero attached hydrogens (tertiary/aromatic N) is 4. The molecule has 0 spiro atoms. The lowest BCUT2D eigenvalue weighted by Gasteiger charge is -2.20. The fourth-order valence-electron chi connectivity index (χ4n) is 2.87. The first-order valence-corrected chi connectivity index (χ1v) is 8.24. The lowest BCUT2D eigenvalue weighted by atomic mass is 10.2. The van der Waals surface area contributed by atoms with E-state index in [1.165, 1.54) is 12.1 Å². The lowest BCUT2D eigenvalue weighted by Crippen LogP contribution is -2.31. The molecule has 2 amide bonds. The van der Waals surface area contributed by atoms with E-state index >= 15 is 0 Å². The summed E-state index contributed by atoms with van der Waals surface area (Å²) in [5.41, 5.74) is 2.76. The molecule has 6 nitrogen and oxygen atoms in total. The van der Waals surface area contributed by atoms with Crippen LogP contribution in [0.4, 0.5) is 16.2 Å². The van der Waals surface area contributed by atoms with Crippen LogP contribution in [0.2, 0.25) is 0 Å². The van der Waals surface area contributed by atoms with Gasteiger partial charge in [-0.15, -0.1) is 0 Å². The van der Waals surface area contributed by atoms with Crippen LogP contribution in [0.3, 0.4) is 0 Å². The van der Waals surface area contributed by atoms with Crippen molar-refractivity contribution in [3.05, 3.63) is 48.5 Å². The minimum atomic E-state index is -0.164. The first-order valence-electron chi connectivity index (χ1n) is 8.24. The molecule has 2 aromatic rings. The average molecular weight is 325 g/mol. The summed E-state index contributed by atoms with van der Waals surface area (Å²) < 4.78 is 0. The number of nitrogens with one attached hydrogen (secondary N) is 1. The Morgan fingerprint density at radius 2 is 2.12 bits per heavy atom. The van der Waals surface area contributed by atoms with Crippen LogP contribution in [0.1, 0.15) is 19.0 Å². The molecule has 1 unspecified atom stereocenters. The number of carbonyl (C=O) groups excluding carboxylic acids is 1. The van der Waals surface area contributed by atoms with Gasteiger partial charge in [0.2, 0.25) is 0 Å². The topological polar surface area (TPSA) is 61.4 Å². The van der Waals surface area contributed by atoms with E-state index in [0.717, 1.165) is 30.4 Å². The lowest BCUT2D eigenvalue weighted by molar-refractivity contribution is 0.220. The number of amides is 2. The summed E-state index contributed by atoms with van der Waals surface area (Å²) in [5, 5.41) is 2.91. The van der Waals surface area contributed by atoms with Gasteiger partial charge in [-0.2, -0.15) is 0 Å². The number of anilines is 2. The fourth-order valence-corrected chi connectivity index (χ4v) is 2.87. The van der Waals surface area contributed by atoms with Crippen molar-refractivity contribution in [2.45, 2.75) is 19.9 Å². The third kappa shape index (κ3) is 4.01. The van der Waals surface area contributed by atoms with Gasteiger partial charge in [0.25, 0.3) is 0 Å². The van der Waals surface area contributed by atoms with Crippen molar-refractivity contribution < 1.29 is 4.79 Å². The molecule has 1 aliphatic rings. The Hall–Kier alpha value is -2.63. The van der Waals surface area contributed by atoms with E-state index < -0.39 is 0 Å². The second kappa shape index (κ2) is 7.29. The molecule has 0 saturated carbocycles. The van der Waals surface area contributed by atoms with E-state index in [9.17, 15) is 4.79 Å². The van der Waals surface area contributed by atoms with Crippen LogP contribution >= 0.6 is 0 Å². The smallest absolute Gasteiger partial charge is 0.321 e. The first kappa shape index (κ1) is 16.2. The molecule has 2 heterocycles. The summed E-state index contributed by atoms with van der Waals surface area (Å²) in [6.07, 6.45) is 6.15. The van der Waals surface area contributed by atoms with Gasteiger partial charge in [0.05, 0.1) is 18.4 Å². The minimum absolute atomic E-state index is 0.164. The molecule has 1 saturated heterocycles. The van der Waals surface area contributed by atoms with Gasteiger partial charge < -0.3 is 15.1 Å². The van der Waals surface area contributed by atoms with Crippen molar-refractivity contribution in [1.29, 1.82) is 0 Å². The third-order valence-corrected chi connectivity index (χ3v) is 4.27. The summed E-state index contributed by atoms with van der Waals surface area (Å²) in [6.45, 7) is 4.91. The third-order valence-electron chi connectivity index (χ3n) is 4.27. The molecular weight excluding hydrogens is 302 g/mol. The summed E-state index contributed by atoms with van der Waals surface area (Å²) in [7, 11) is 1.74. The highest BCUT2D eigenvalue weighted by Gasteiger charge is 2.18. The number of rotatable bonds is 4. The molecular formula is C18H23N5O. The van der Waals surface area contributed by atoms with Crippen LogP contribution in [-0.4, -0.2) is 41.0 Å². The second-order valence-electron chi connectivity index (χ2n) is 6.37. The number of urea groups is 1. The Morgan fingerprint density at radius 3 is 2.75 bits per heavy atom. The van der Waals surface area contributed by atoms with Crippen molar-refractivity contribution >= 4 is 17.4 Å². The highest BCUT2D eigenvalue weighted by Crippen LogP contribution is 2.24. The zero-order valence-electron chi connectivity index (χ0n) is 14.1. The first-order chi connectivity index (χ1) is 11.6. The van der Waals surface area contributed by atoms with Gasteiger partial charge in [0, 0.05) is 43.9 Å². The second-order valence-corrected chi connectivity index (χ2v) is 6.37. The quantitative estimate of drug-likeness (QED) is 0.939. The van der Waals surface area contributed by atoms with E-state index in [1.54, 1.807) is 30.5 Å². The van der Waals surface area contributed by atoms with E-state index in [4.69, 9.17) is 0 Å². The largest absolute Gasteiger partial charge is 0.371 e. The molecule has 1 N–H and O–H groups in total. The van der Waals surface area contributed by atoms with Crippen molar-refractivity contribution in [3.63, 3.8) is 0 Å². The standard InChI is InChI=1S/C18H23N5O/c1-14-7-10-23(12-14)17-5-3-15(4-6-17)21-18(24)22(2)13-16-11-19-8-9-20-16/h3-6,8-9,11,14H,7,10,12-13H2,1-2H3,(H,21,24). The molecule has 0 radical (unpaired) electrons. The molecule has 126 valence electrons. The Bertz CT molecular complexity index is 674. The van der Waals surface area contributed by atoms with E-state index in [1.807, 2.05) is 12.1 Å². The molecule has 1 fully saturated rings. The number of benzene rings is 1. The molecule has 3 rings (SSSR count). The molecule has 1 aromatic carbocycles. The van der Waals surface area contributed by atoms with E-state index in [2.05, 4.69) is 39.2 Å². The fraction of sp³-hybridized carbons (Fsp3) is 0.389. The number of hydrogen-bond acceptors (Lipinski definition) is 4. The van der Waals surface area contributed by atoms with Crippen LogP contribution in [0, 0.1) is 5.92 Å². The van der Waals surface area contributed by atoms with Crippen LogP contribution < -0.4 is 10.2 Å². The van der Waals surface area contributed by atoms with E-state index in [-0.39, 0.29) is 6.03 Å². The van der Waals surface area contributed by atoms with Gasteiger partial charge in [-0.05, 0) is 36.6 Å². The molecule has 6 heteroatoms. The SMILES string of the molecule is CC1CCN(c2ccc(NC(=O)N(C)Cc3cnccn3)cc2)C1. The van der Waals surface area contributed by atoms with Gasteiger partial charge in [-0.3, -0.25) is 9.97 Å². The van der Waals surface area contributed by atoms with Crippen molar-refractivity contribution in [3.8, 4) is 0 Å². The Balaban J connectivity index is 1.56. The number of aromatic nitrogens is 2. The molecule has 0 bridgehead atoms. The zero-order chi connectivity index (χ0) is 16.9. The molecule has 1 atom stereocenters.